The van der Waals surface area contributed by atoms with Gasteiger partial charge in [0.1, 0.15) is 6.10 Å². The highest BCUT2D eigenvalue weighted by Crippen LogP contribution is 2.30. The van der Waals surface area contributed by atoms with Crippen molar-refractivity contribution >= 4 is 12.0 Å². The van der Waals surface area contributed by atoms with Crippen molar-refractivity contribution in [2.45, 2.75) is 12.0 Å². The molecule has 1 fully saturated rings. The summed E-state index contributed by atoms with van der Waals surface area (Å²) in [4.78, 5) is 23.5. The minimum absolute atomic E-state index is 0.149. The topological polar surface area (TPSA) is 66.8 Å². The molecular weight excluding hydrogens is 222 g/mol. The highest BCUT2D eigenvalue weighted by atomic mass is 16.5. The van der Waals surface area contributed by atoms with Crippen LogP contribution in [0.3, 0.4) is 0 Å². The third-order valence-corrected chi connectivity index (χ3v) is 2.97. The van der Waals surface area contributed by atoms with E-state index in [-0.39, 0.29) is 12.5 Å². The Morgan fingerprint density at radius 1 is 1.41 bits per heavy atom. The zero-order chi connectivity index (χ0) is 12.4. The molecule has 1 aromatic carbocycles. The molecule has 1 saturated heterocycles. The number of likely N-dealkylation sites (tertiary alicyclic amines) is 1. The van der Waals surface area contributed by atoms with Gasteiger partial charge in [-0.05, 0) is 5.56 Å². The van der Waals surface area contributed by atoms with Crippen LogP contribution in [0.1, 0.15) is 11.5 Å². The van der Waals surface area contributed by atoms with E-state index < -0.39 is 18.1 Å². The fraction of sp³-hybridized carbons (Fsp3) is 0.333. The van der Waals surface area contributed by atoms with Crippen LogP contribution in [0, 0.1) is 0 Å². The highest BCUT2D eigenvalue weighted by molar-refractivity contribution is 5.96. The summed E-state index contributed by atoms with van der Waals surface area (Å²) < 4.78 is 5.12. The van der Waals surface area contributed by atoms with E-state index in [0.29, 0.717) is 0 Å². The van der Waals surface area contributed by atoms with Gasteiger partial charge in [-0.1, -0.05) is 30.3 Å². The van der Waals surface area contributed by atoms with Gasteiger partial charge in [0, 0.05) is 19.6 Å². The van der Waals surface area contributed by atoms with Gasteiger partial charge < -0.3 is 9.84 Å². The van der Waals surface area contributed by atoms with Crippen LogP contribution in [-0.4, -0.2) is 41.8 Å². The average Bonchev–Trinajstić information content (AvgIpc) is 2.67. The molecule has 2 unspecified atom stereocenters. The van der Waals surface area contributed by atoms with E-state index in [1.807, 2.05) is 30.3 Å². The third kappa shape index (κ3) is 2.01. The van der Waals surface area contributed by atoms with E-state index in [9.17, 15) is 9.59 Å². The number of ether oxygens (including phenoxy) is 1. The van der Waals surface area contributed by atoms with Gasteiger partial charge in [0.15, 0.2) is 0 Å². The first-order chi connectivity index (χ1) is 8.15. The summed E-state index contributed by atoms with van der Waals surface area (Å²) in [5.41, 5.74) is 0.913. The van der Waals surface area contributed by atoms with Crippen LogP contribution in [-0.2, 0) is 9.53 Å². The maximum absolute atomic E-state index is 11.8. The van der Waals surface area contributed by atoms with Crippen LogP contribution in [0.25, 0.3) is 0 Å². The predicted molar refractivity (Wildman–Crippen MR) is 59.7 cm³/mol. The summed E-state index contributed by atoms with van der Waals surface area (Å²) in [6, 6.07) is 9.33. The van der Waals surface area contributed by atoms with Crippen molar-refractivity contribution in [3.8, 4) is 0 Å². The fourth-order valence-electron chi connectivity index (χ4n) is 2.13. The maximum Gasteiger partial charge on any atom is 0.414 e. The Morgan fingerprint density at radius 2 is 2.06 bits per heavy atom. The Morgan fingerprint density at radius 3 is 2.59 bits per heavy atom. The summed E-state index contributed by atoms with van der Waals surface area (Å²) in [6.45, 7) is 0.149. The lowest BCUT2D eigenvalue weighted by Crippen LogP contribution is -2.34. The van der Waals surface area contributed by atoms with Gasteiger partial charge in [0.2, 0.25) is 0 Å². The van der Waals surface area contributed by atoms with E-state index in [1.54, 1.807) is 0 Å². The third-order valence-electron chi connectivity index (χ3n) is 2.97. The molecule has 2 amide bonds. The Hall–Kier alpha value is -1.88. The number of rotatable bonds is 2. The molecular formula is C12H13NO4. The molecule has 0 aromatic heterocycles. The molecule has 5 nitrogen and oxygen atoms in total. The van der Waals surface area contributed by atoms with E-state index in [1.165, 1.54) is 7.11 Å². The molecule has 1 aromatic rings. The van der Waals surface area contributed by atoms with Gasteiger partial charge in [0.05, 0.1) is 0 Å². The molecule has 5 heteroatoms. The molecule has 1 N–H and O–H groups in total. The molecule has 0 radical (unpaired) electrons. The first-order valence-corrected chi connectivity index (χ1v) is 5.27. The van der Waals surface area contributed by atoms with Gasteiger partial charge in [-0.2, -0.15) is 0 Å². The molecule has 90 valence electrons. The van der Waals surface area contributed by atoms with E-state index in [4.69, 9.17) is 9.84 Å². The van der Waals surface area contributed by atoms with Gasteiger partial charge in [-0.25, -0.2) is 9.69 Å². The number of carbonyl (C=O) groups is 2. The molecule has 0 saturated carbocycles. The molecule has 0 aliphatic carbocycles. The number of methoxy groups -OCH3 is 1. The van der Waals surface area contributed by atoms with E-state index in [0.717, 1.165) is 10.5 Å². The Kier molecular flexibility index (Phi) is 3.10. The first kappa shape index (κ1) is 11.6. The Bertz CT molecular complexity index is 431. The number of hydrogen-bond donors (Lipinski definition) is 1. The first-order valence-electron chi connectivity index (χ1n) is 5.27. The summed E-state index contributed by atoms with van der Waals surface area (Å²) in [5, 5.41) is 8.91. The average molecular weight is 235 g/mol. The summed E-state index contributed by atoms with van der Waals surface area (Å²) in [6.07, 6.45) is -1.94. The molecule has 0 bridgehead atoms. The Balaban J connectivity index is 2.30. The molecule has 1 heterocycles. The van der Waals surface area contributed by atoms with Crippen molar-refractivity contribution in [2.75, 3.05) is 13.7 Å². The molecule has 2 atom stereocenters. The van der Waals surface area contributed by atoms with Gasteiger partial charge in [-0.15, -0.1) is 0 Å². The normalized spacial score (nSPS) is 24.1. The number of amides is 2. The second-order valence-corrected chi connectivity index (χ2v) is 3.90. The summed E-state index contributed by atoms with van der Waals surface area (Å²) >= 11 is 0. The number of nitrogens with zero attached hydrogens (tertiary/aromatic N) is 1. The van der Waals surface area contributed by atoms with Crippen LogP contribution in [0.15, 0.2) is 30.3 Å². The van der Waals surface area contributed by atoms with Crippen LogP contribution in [0.4, 0.5) is 4.79 Å². The molecule has 1 aliphatic heterocycles. The number of carbonyl (C=O) groups excluding carboxylic acids is 1. The SMILES string of the molecule is COC1C(=O)N(C(=O)O)CC1c1ccccc1. The van der Waals surface area contributed by atoms with Crippen molar-refractivity contribution in [2.24, 2.45) is 0 Å². The predicted octanol–water partition coefficient (Wildman–Crippen LogP) is 1.31. The van der Waals surface area contributed by atoms with Crippen molar-refractivity contribution in [3.05, 3.63) is 35.9 Å². The minimum atomic E-state index is -1.23. The van der Waals surface area contributed by atoms with Crippen LogP contribution >= 0.6 is 0 Å². The van der Waals surface area contributed by atoms with Crippen molar-refractivity contribution in [3.63, 3.8) is 0 Å². The van der Waals surface area contributed by atoms with Crippen LogP contribution in [0.2, 0.25) is 0 Å². The molecule has 2 rings (SSSR count). The summed E-state index contributed by atoms with van der Waals surface area (Å²) in [7, 11) is 1.42. The lowest BCUT2D eigenvalue weighted by Gasteiger charge is -2.14. The lowest BCUT2D eigenvalue weighted by molar-refractivity contribution is -0.134. The monoisotopic (exact) mass is 235 g/mol. The number of benzene rings is 1. The number of hydrogen-bond acceptors (Lipinski definition) is 3. The van der Waals surface area contributed by atoms with Gasteiger partial charge in [-0.3, -0.25) is 4.79 Å². The van der Waals surface area contributed by atoms with Gasteiger partial charge in [0.25, 0.3) is 5.91 Å². The Labute approximate surface area is 98.6 Å². The smallest absolute Gasteiger partial charge is 0.414 e. The zero-order valence-electron chi connectivity index (χ0n) is 9.37. The van der Waals surface area contributed by atoms with Crippen LogP contribution < -0.4 is 0 Å². The second-order valence-electron chi connectivity index (χ2n) is 3.90. The standard InChI is InChI=1S/C12H13NO4/c1-17-10-9(8-5-3-2-4-6-8)7-13(11(10)14)12(15)16/h2-6,9-10H,7H2,1H3,(H,15,16). The maximum atomic E-state index is 11.8. The number of carboxylic acid groups (broad SMARTS) is 1. The molecule has 1 aliphatic rings. The number of imide groups is 1. The summed E-state index contributed by atoms with van der Waals surface area (Å²) in [5.74, 6) is -0.723. The van der Waals surface area contributed by atoms with Gasteiger partial charge >= 0.3 is 6.09 Å². The fourth-order valence-corrected chi connectivity index (χ4v) is 2.13. The molecule has 17 heavy (non-hydrogen) atoms. The second kappa shape index (κ2) is 4.55. The van der Waals surface area contributed by atoms with Crippen molar-refractivity contribution in [1.29, 1.82) is 0 Å². The lowest BCUT2D eigenvalue weighted by atomic mass is 9.96. The van der Waals surface area contributed by atoms with Crippen molar-refractivity contribution in [1.82, 2.24) is 4.90 Å². The zero-order valence-corrected chi connectivity index (χ0v) is 9.37. The molecule has 0 spiro atoms. The van der Waals surface area contributed by atoms with Crippen LogP contribution in [0.5, 0.6) is 0 Å². The van der Waals surface area contributed by atoms with E-state index >= 15 is 0 Å². The quantitative estimate of drug-likeness (QED) is 0.839. The van der Waals surface area contributed by atoms with E-state index in [2.05, 4.69) is 0 Å². The highest BCUT2D eigenvalue weighted by Gasteiger charge is 2.44. The largest absolute Gasteiger partial charge is 0.465 e. The minimum Gasteiger partial charge on any atom is -0.465 e. The van der Waals surface area contributed by atoms with Crippen molar-refractivity contribution < 1.29 is 19.4 Å².